The van der Waals surface area contributed by atoms with Gasteiger partial charge in [-0.2, -0.15) is 10.1 Å². The average Bonchev–Trinajstić information content (AvgIpc) is 2.82. The van der Waals surface area contributed by atoms with Crippen LogP contribution >= 0.6 is 0 Å². The molecule has 2 aromatic rings. The van der Waals surface area contributed by atoms with Crippen molar-refractivity contribution in [3.8, 4) is 0 Å². The minimum atomic E-state index is -3.88. The van der Waals surface area contributed by atoms with Crippen LogP contribution in [0.15, 0.2) is 35.8 Å². The van der Waals surface area contributed by atoms with Gasteiger partial charge in [-0.15, -0.1) is 0 Å². The first-order valence-corrected chi connectivity index (χ1v) is 7.10. The number of hydrogen-bond donors (Lipinski definition) is 2. The first-order valence-electron chi connectivity index (χ1n) is 5.61. The number of carboxylic acid groups (broad SMARTS) is 1. The number of carboxylic acids is 1. The molecule has 10 heteroatoms. The number of aliphatic carboxylic acids is 1. The summed E-state index contributed by atoms with van der Waals surface area (Å²) in [6.45, 7) is 0. The average molecular weight is 309 g/mol. The number of anilines is 1. The summed E-state index contributed by atoms with van der Waals surface area (Å²) in [4.78, 5) is 17.9. The topological polar surface area (TPSA) is 127 Å². The van der Waals surface area contributed by atoms with Crippen LogP contribution in [0.4, 0.5) is 5.95 Å². The van der Waals surface area contributed by atoms with Crippen molar-refractivity contribution in [2.75, 3.05) is 4.72 Å². The molecule has 110 valence electrons. The predicted molar refractivity (Wildman–Crippen MR) is 72.7 cm³/mol. The first-order chi connectivity index (χ1) is 9.88. The molecule has 9 nitrogen and oxygen atoms in total. The van der Waals surface area contributed by atoms with Gasteiger partial charge in [0.15, 0.2) is 0 Å². The van der Waals surface area contributed by atoms with Crippen molar-refractivity contribution in [3.63, 3.8) is 0 Å². The van der Waals surface area contributed by atoms with Gasteiger partial charge in [0.1, 0.15) is 11.2 Å². The molecule has 0 saturated heterocycles. The van der Waals surface area contributed by atoms with E-state index < -0.39 is 16.0 Å². The zero-order valence-electron chi connectivity index (χ0n) is 10.8. The van der Waals surface area contributed by atoms with E-state index in [-0.39, 0.29) is 10.8 Å². The van der Waals surface area contributed by atoms with E-state index >= 15 is 0 Å². The van der Waals surface area contributed by atoms with E-state index in [1.54, 1.807) is 0 Å². The summed E-state index contributed by atoms with van der Waals surface area (Å²) in [5.74, 6) is -1.08. The summed E-state index contributed by atoms with van der Waals surface area (Å²) < 4.78 is 27.9. The number of sulfonamides is 1. The number of nitrogens with one attached hydrogen (secondary N) is 1. The summed E-state index contributed by atoms with van der Waals surface area (Å²) >= 11 is 0. The van der Waals surface area contributed by atoms with E-state index in [1.807, 2.05) is 0 Å². The van der Waals surface area contributed by atoms with Gasteiger partial charge in [0.2, 0.25) is 5.95 Å². The second-order valence-electron chi connectivity index (χ2n) is 3.94. The van der Waals surface area contributed by atoms with Crippen LogP contribution in [0.25, 0.3) is 6.08 Å². The Labute approximate surface area is 120 Å². The van der Waals surface area contributed by atoms with Crippen LogP contribution in [-0.2, 0) is 21.9 Å². The summed E-state index contributed by atoms with van der Waals surface area (Å²) in [6, 6.07) is 1.30. The lowest BCUT2D eigenvalue weighted by molar-refractivity contribution is -0.131. The Kier molecular flexibility index (Phi) is 3.98. The van der Waals surface area contributed by atoms with E-state index in [0.29, 0.717) is 5.56 Å². The normalized spacial score (nSPS) is 11.7. The molecule has 0 aliphatic rings. The minimum absolute atomic E-state index is 0.0569. The molecule has 0 bridgehead atoms. The molecule has 0 fully saturated rings. The van der Waals surface area contributed by atoms with E-state index in [2.05, 4.69) is 19.8 Å². The van der Waals surface area contributed by atoms with Gasteiger partial charge in [-0.05, 0) is 17.7 Å². The van der Waals surface area contributed by atoms with Crippen molar-refractivity contribution in [2.24, 2.45) is 7.05 Å². The Balaban J connectivity index is 2.30. The van der Waals surface area contributed by atoms with Crippen molar-refractivity contribution in [2.45, 2.75) is 4.90 Å². The minimum Gasteiger partial charge on any atom is -0.478 e. The Morgan fingerprint density at radius 2 is 2.19 bits per heavy atom. The molecule has 2 heterocycles. The smallest absolute Gasteiger partial charge is 0.328 e. The molecular formula is C11H11N5O4S. The van der Waals surface area contributed by atoms with E-state index in [4.69, 9.17) is 5.11 Å². The van der Waals surface area contributed by atoms with Gasteiger partial charge >= 0.3 is 5.97 Å². The van der Waals surface area contributed by atoms with Crippen LogP contribution in [0.1, 0.15) is 5.56 Å². The maximum absolute atomic E-state index is 12.2. The highest BCUT2D eigenvalue weighted by Crippen LogP contribution is 2.14. The zero-order chi connectivity index (χ0) is 15.5. The molecule has 2 N–H and O–H groups in total. The van der Waals surface area contributed by atoms with E-state index in [9.17, 15) is 13.2 Å². The Hall–Kier alpha value is -2.75. The molecule has 0 radical (unpaired) electrons. The quantitative estimate of drug-likeness (QED) is 0.750. The lowest BCUT2D eigenvalue weighted by Gasteiger charge is -2.06. The molecular weight excluding hydrogens is 298 g/mol. The van der Waals surface area contributed by atoms with Crippen molar-refractivity contribution < 1.29 is 18.3 Å². The highest BCUT2D eigenvalue weighted by molar-refractivity contribution is 7.92. The molecule has 21 heavy (non-hydrogen) atoms. The third-order valence-electron chi connectivity index (χ3n) is 2.40. The molecule has 0 aliphatic heterocycles. The molecule has 2 rings (SSSR count). The Morgan fingerprint density at radius 3 is 2.81 bits per heavy atom. The Morgan fingerprint density at radius 1 is 1.43 bits per heavy atom. The number of pyridine rings is 1. The second-order valence-corrected chi connectivity index (χ2v) is 5.62. The third-order valence-corrected chi connectivity index (χ3v) is 3.70. The van der Waals surface area contributed by atoms with Crippen LogP contribution in [0.2, 0.25) is 0 Å². The monoisotopic (exact) mass is 309 g/mol. The van der Waals surface area contributed by atoms with Gasteiger partial charge < -0.3 is 5.11 Å². The third kappa shape index (κ3) is 3.63. The molecule has 2 aromatic heterocycles. The fraction of sp³-hybridized carbons (Fsp3) is 0.0909. The van der Waals surface area contributed by atoms with Gasteiger partial charge in [-0.25, -0.2) is 22.6 Å². The lowest BCUT2D eigenvalue weighted by Crippen LogP contribution is -2.16. The number of nitrogens with zero attached hydrogens (tertiary/aromatic N) is 4. The molecule has 0 spiro atoms. The zero-order valence-corrected chi connectivity index (χ0v) is 11.6. The number of aryl methyl sites for hydroxylation is 1. The highest BCUT2D eigenvalue weighted by atomic mass is 32.2. The maximum Gasteiger partial charge on any atom is 0.328 e. The van der Waals surface area contributed by atoms with Crippen molar-refractivity contribution in [3.05, 3.63) is 36.4 Å². The van der Waals surface area contributed by atoms with Crippen molar-refractivity contribution in [1.29, 1.82) is 0 Å². The standard InChI is InChI=1S/C11H11N5O4S/c1-16-11(13-7-14-16)15-21(19,20)9-4-8(5-12-6-9)2-3-10(17)18/h2-7H,1H3,(H,17,18)(H,13,14,15)/b3-2+. The highest BCUT2D eigenvalue weighted by Gasteiger charge is 2.17. The number of aromatic nitrogens is 4. The molecule has 0 aliphatic carbocycles. The summed E-state index contributed by atoms with van der Waals surface area (Å²) in [5.41, 5.74) is 0.346. The fourth-order valence-electron chi connectivity index (χ4n) is 1.41. The van der Waals surface area contributed by atoms with Gasteiger partial charge in [0.05, 0.1) is 0 Å². The molecule has 0 amide bonds. The SMILES string of the molecule is Cn1ncnc1NS(=O)(=O)c1cncc(/C=C/C(=O)O)c1. The first kappa shape index (κ1) is 14.7. The Bertz CT molecular complexity index is 796. The van der Waals surface area contributed by atoms with Crippen LogP contribution in [0.5, 0.6) is 0 Å². The predicted octanol–water partition coefficient (Wildman–Crippen LogP) is 0.109. The summed E-state index contributed by atoms with van der Waals surface area (Å²) in [7, 11) is -2.35. The van der Waals surface area contributed by atoms with Crippen LogP contribution in [0, 0.1) is 0 Å². The second kappa shape index (κ2) is 5.71. The van der Waals surface area contributed by atoms with Crippen LogP contribution in [0.3, 0.4) is 0 Å². The summed E-state index contributed by atoms with van der Waals surface area (Å²) in [5, 5.41) is 12.3. The van der Waals surface area contributed by atoms with Gasteiger partial charge in [-0.1, -0.05) is 0 Å². The number of hydrogen-bond acceptors (Lipinski definition) is 6. The van der Waals surface area contributed by atoms with E-state index in [1.165, 1.54) is 36.4 Å². The fourth-order valence-corrected chi connectivity index (χ4v) is 2.44. The van der Waals surface area contributed by atoms with Crippen LogP contribution < -0.4 is 4.72 Å². The van der Waals surface area contributed by atoms with Crippen molar-refractivity contribution in [1.82, 2.24) is 19.7 Å². The molecule has 0 atom stereocenters. The van der Waals surface area contributed by atoms with Crippen molar-refractivity contribution >= 4 is 28.0 Å². The van der Waals surface area contributed by atoms with Gasteiger partial charge in [0, 0.05) is 25.5 Å². The van der Waals surface area contributed by atoms with Gasteiger partial charge in [0.25, 0.3) is 10.0 Å². The van der Waals surface area contributed by atoms with E-state index in [0.717, 1.165) is 12.3 Å². The largest absolute Gasteiger partial charge is 0.478 e. The molecule has 0 aromatic carbocycles. The molecule has 0 saturated carbocycles. The molecule has 0 unspecified atom stereocenters. The maximum atomic E-state index is 12.2. The van der Waals surface area contributed by atoms with Crippen LogP contribution in [-0.4, -0.2) is 39.2 Å². The summed E-state index contributed by atoms with van der Waals surface area (Å²) in [6.07, 6.45) is 5.85. The lowest BCUT2D eigenvalue weighted by atomic mass is 10.2. The van der Waals surface area contributed by atoms with Gasteiger partial charge in [-0.3, -0.25) is 4.98 Å². The number of rotatable bonds is 5. The number of carbonyl (C=O) groups is 1.